The van der Waals surface area contributed by atoms with Gasteiger partial charge in [0.25, 0.3) is 5.69 Å². The zero-order chi connectivity index (χ0) is 18.7. The van der Waals surface area contributed by atoms with E-state index in [0.717, 1.165) is 6.07 Å². The molecule has 0 fully saturated rings. The highest BCUT2D eigenvalue weighted by molar-refractivity contribution is 6.04. The van der Waals surface area contributed by atoms with Gasteiger partial charge in [0.2, 0.25) is 0 Å². The molecule has 0 amide bonds. The number of nitrogens with zero attached hydrogens (tertiary/aromatic N) is 2. The van der Waals surface area contributed by atoms with Gasteiger partial charge in [0.05, 0.1) is 10.5 Å². The molecule has 0 spiro atoms. The van der Waals surface area contributed by atoms with E-state index < -0.39 is 28.2 Å². The molecule has 1 unspecified atom stereocenters. The molecule has 0 aliphatic carbocycles. The number of hydrogen-bond donors (Lipinski definition) is 1. The molecule has 8 heteroatoms. The lowest BCUT2D eigenvalue weighted by Crippen LogP contribution is -2.31. The second-order valence-corrected chi connectivity index (χ2v) is 6.12. The third-order valence-corrected chi connectivity index (χ3v) is 3.13. The van der Waals surface area contributed by atoms with E-state index in [2.05, 4.69) is 5.32 Å². The molecule has 128 valence electrons. The maximum Gasteiger partial charge on any atom is 0.321 e. The summed E-state index contributed by atoms with van der Waals surface area (Å²) < 4.78 is 5.24. The number of hydrogen-bond acceptors (Lipinski definition) is 7. The van der Waals surface area contributed by atoms with Gasteiger partial charge in [-0.3, -0.25) is 19.7 Å². The number of carbonyl (C=O) groups is 2. The summed E-state index contributed by atoms with van der Waals surface area (Å²) in [5.74, 6) is -2.65. The fourth-order valence-electron chi connectivity index (χ4n) is 2.25. The Bertz CT molecular complexity index is 728. The summed E-state index contributed by atoms with van der Waals surface area (Å²) in [7, 11) is 1.42. The molecule has 0 saturated heterocycles. The molecule has 24 heavy (non-hydrogen) atoms. The summed E-state index contributed by atoms with van der Waals surface area (Å²) in [6.45, 7) is 6.17. The van der Waals surface area contributed by atoms with Crippen molar-refractivity contribution in [2.75, 3.05) is 12.4 Å². The lowest BCUT2D eigenvalue weighted by atomic mass is 9.90. The summed E-state index contributed by atoms with van der Waals surface area (Å²) in [4.78, 5) is 34.8. The molecule has 0 aromatic heterocycles. The van der Waals surface area contributed by atoms with Crippen molar-refractivity contribution in [3.63, 3.8) is 0 Å². The maximum absolute atomic E-state index is 12.4. The molecule has 1 aromatic carbocycles. The molecule has 1 aromatic rings. The molecule has 0 aliphatic rings. The number of Topliss-reactive ketones (excluding diaryl/α,β-unsaturated/α-hetero) is 1. The molecule has 1 rings (SSSR count). The van der Waals surface area contributed by atoms with Gasteiger partial charge in [0.15, 0.2) is 0 Å². The van der Waals surface area contributed by atoms with E-state index in [1.807, 2.05) is 6.07 Å². The zero-order valence-corrected chi connectivity index (χ0v) is 14.2. The van der Waals surface area contributed by atoms with Crippen molar-refractivity contribution in [1.82, 2.24) is 0 Å². The molecule has 1 N–H and O–H groups in total. The van der Waals surface area contributed by atoms with Crippen LogP contribution in [0, 0.1) is 21.4 Å². The Morgan fingerprint density at radius 3 is 2.33 bits per heavy atom. The SMILES string of the molecule is CNc1c([N+](=O)[O-])ccc(C(C(C)=O)C(=O)OC(C)(C)C)c1C#N. The van der Waals surface area contributed by atoms with Gasteiger partial charge in [0.1, 0.15) is 29.1 Å². The predicted octanol–water partition coefficient (Wildman–Crippen LogP) is 2.52. The average Bonchev–Trinajstić information content (AvgIpc) is 2.43. The minimum atomic E-state index is -1.33. The minimum Gasteiger partial charge on any atom is -0.459 e. The number of nitro groups is 1. The van der Waals surface area contributed by atoms with Gasteiger partial charge in [-0.05, 0) is 39.3 Å². The summed E-state index contributed by atoms with van der Waals surface area (Å²) >= 11 is 0. The third kappa shape index (κ3) is 4.07. The molecule has 0 bridgehead atoms. The van der Waals surface area contributed by atoms with E-state index >= 15 is 0 Å². The van der Waals surface area contributed by atoms with Crippen LogP contribution in [-0.4, -0.2) is 29.3 Å². The van der Waals surface area contributed by atoms with Crippen molar-refractivity contribution >= 4 is 23.1 Å². The highest BCUT2D eigenvalue weighted by atomic mass is 16.6. The molecular weight excluding hydrogens is 314 g/mol. The van der Waals surface area contributed by atoms with Crippen molar-refractivity contribution in [3.8, 4) is 6.07 Å². The molecular formula is C16H19N3O5. The fraction of sp³-hybridized carbons (Fsp3) is 0.438. The highest BCUT2D eigenvalue weighted by Gasteiger charge is 2.34. The van der Waals surface area contributed by atoms with Crippen LogP contribution in [0.15, 0.2) is 12.1 Å². The standard InChI is InChI=1S/C16H19N3O5/c1-9(20)13(15(21)24-16(2,3)4)10-6-7-12(19(22)23)14(18-5)11(10)8-17/h6-7,13,18H,1-5H3. The molecule has 0 aliphatic heterocycles. The average molecular weight is 333 g/mol. The summed E-state index contributed by atoms with van der Waals surface area (Å²) in [5.41, 5.74) is -1.23. The quantitative estimate of drug-likeness (QED) is 0.380. The first-order valence-electron chi connectivity index (χ1n) is 7.16. The lowest BCUT2D eigenvalue weighted by Gasteiger charge is -2.23. The van der Waals surface area contributed by atoms with Gasteiger partial charge < -0.3 is 10.1 Å². The number of ketones is 1. The Morgan fingerprint density at radius 1 is 1.38 bits per heavy atom. The topological polar surface area (TPSA) is 122 Å². The summed E-state index contributed by atoms with van der Waals surface area (Å²) in [6, 6.07) is 4.24. The lowest BCUT2D eigenvalue weighted by molar-refractivity contribution is -0.384. The first-order valence-corrected chi connectivity index (χ1v) is 7.16. The van der Waals surface area contributed by atoms with E-state index in [1.54, 1.807) is 20.8 Å². The molecule has 1 atom stereocenters. The minimum absolute atomic E-state index is 0.0465. The van der Waals surface area contributed by atoms with Crippen LogP contribution < -0.4 is 5.32 Å². The maximum atomic E-state index is 12.4. The monoisotopic (exact) mass is 333 g/mol. The zero-order valence-electron chi connectivity index (χ0n) is 14.2. The van der Waals surface area contributed by atoms with Crippen LogP contribution in [-0.2, 0) is 14.3 Å². The Balaban J connectivity index is 3.56. The largest absolute Gasteiger partial charge is 0.459 e. The Labute approximate surface area is 139 Å². The van der Waals surface area contributed by atoms with Gasteiger partial charge in [-0.1, -0.05) is 0 Å². The number of nitriles is 1. The Morgan fingerprint density at radius 2 is 1.96 bits per heavy atom. The summed E-state index contributed by atoms with van der Waals surface area (Å²) in [5, 5.41) is 23.1. The third-order valence-electron chi connectivity index (χ3n) is 3.13. The van der Waals surface area contributed by atoms with E-state index in [0.29, 0.717) is 0 Å². The number of esters is 1. The van der Waals surface area contributed by atoms with Gasteiger partial charge in [-0.25, -0.2) is 0 Å². The van der Waals surface area contributed by atoms with E-state index in [-0.39, 0.29) is 22.5 Å². The van der Waals surface area contributed by atoms with Crippen LogP contribution in [0.4, 0.5) is 11.4 Å². The van der Waals surface area contributed by atoms with Crippen LogP contribution in [0.3, 0.4) is 0 Å². The highest BCUT2D eigenvalue weighted by Crippen LogP contribution is 2.35. The van der Waals surface area contributed by atoms with Gasteiger partial charge in [-0.15, -0.1) is 0 Å². The number of nitrogens with one attached hydrogen (secondary N) is 1. The van der Waals surface area contributed by atoms with Crippen LogP contribution >= 0.6 is 0 Å². The van der Waals surface area contributed by atoms with Crippen molar-refractivity contribution in [2.45, 2.75) is 39.2 Å². The second-order valence-electron chi connectivity index (χ2n) is 6.12. The Hall–Kier alpha value is -2.95. The van der Waals surface area contributed by atoms with Crippen LogP contribution in [0.2, 0.25) is 0 Å². The molecule has 8 nitrogen and oxygen atoms in total. The van der Waals surface area contributed by atoms with E-state index in [1.165, 1.54) is 20.0 Å². The van der Waals surface area contributed by atoms with Crippen molar-refractivity contribution in [1.29, 1.82) is 5.26 Å². The van der Waals surface area contributed by atoms with E-state index in [9.17, 15) is 25.0 Å². The number of rotatable bonds is 5. The second kappa shape index (κ2) is 7.08. The number of nitro benzene ring substituents is 1. The van der Waals surface area contributed by atoms with Crippen LogP contribution in [0.1, 0.15) is 44.7 Å². The van der Waals surface area contributed by atoms with Crippen LogP contribution in [0.25, 0.3) is 0 Å². The van der Waals surface area contributed by atoms with Gasteiger partial charge >= 0.3 is 5.97 Å². The number of ether oxygens (including phenoxy) is 1. The number of carbonyl (C=O) groups excluding carboxylic acids is 2. The molecule has 0 heterocycles. The Kier molecular flexibility index (Phi) is 5.64. The smallest absolute Gasteiger partial charge is 0.321 e. The van der Waals surface area contributed by atoms with Gasteiger partial charge in [-0.2, -0.15) is 5.26 Å². The van der Waals surface area contributed by atoms with E-state index in [4.69, 9.17) is 4.74 Å². The van der Waals surface area contributed by atoms with Gasteiger partial charge in [0, 0.05) is 13.1 Å². The number of benzene rings is 1. The normalized spacial score (nSPS) is 12.0. The first kappa shape index (κ1) is 19.1. The van der Waals surface area contributed by atoms with Crippen molar-refractivity contribution < 1.29 is 19.2 Å². The first-order chi connectivity index (χ1) is 11.0. The van der Waals surface area contributed by atoms with Crippen molar-refractivity contribution in [2.24, 2.45) is 0 Å². The van der Waals surface area contributed by atoms with Crippen LogP contribution in [0.5, 0.6) is 0 Å². The number of anilines is 1. The fourth-order valence-corrected chi connectivity index (χ4v) is 2.25. The molecule has 0 radical (unpaired) electrons. The van der Waals surface area contributed by atoms with Crippen molar-refractivity contribution in [3.05, 3.63) is 33.4 Å². The predicted molar refractivity (Wildman–Crippen MR) is 86.6 cm³/mol. The molecule has 0 saturated carbocycles. The summed E-state index contributed by atoms with van der Waals surface area (Å²) in [6.07, 6.45) is 0.